The van der Waals surface area contributed by atoms with Crippen LogP contribution < -0.4 is 10.2 Å². The van der Waals surface area contributed by atoms with Crippen LogP contribution in [-0.4, -0.2) is 30.9 Å². The van der Waals surface area contributed by atoms with Crippen LogP contribution in [0, 0.1) is 5.92 Å². The van der Waals surface area contributed by atoms with E-state index < -0.39 is 24.4 Å². The highest BCUT2D eigenvalue weighted by atomic mass is 35.5. The van der Waals surface area contributed by atoms with Crippen molar-refractivity contribution in [3.8, 4) is 11.1 Å². The van der Waals surface area contributed by atoms with Gasteiger partial charge in [0.2, 0.25) is 5.91 Å². The molecule has 172 valence electrons. The molecule has 3 aromatic carbocycles. The number of esters is 1. The first-order valence-electron chi connectivity index (χ1n) is 10.8. The number of rotatable bonds is 5. The zero-order valence-corrected chi connectivity index (χ0v) is 19.5. The van der Waals surface area contributed by atoms with E-state index in [1.165, 1.54) is 4.90 Å². The maximum absolute atomic E-state index is 12.8. The molecule has 34 heavy (non-hydrogen) atoms. The Morgan fingerprint density at radius 3 is 2.24 bits per heavy atom. The molecule has 2 aliphatic rings. The highest BCUT2D eigenvalue weighted by Gasteiger charge is 2.39. The number of hydrogen-bond acceptors (Lipinski definition) is 4. The quantitative estimate of drug-likeness (QED) is 0.409. The Labute approximate surface area is 206 Å². The van der Waals surface area contributed by atoms with E-state index in [4.69, 9.17) is 27.9 Å². The molecule has 2 amide bonds. The molecule has 1 atom stereocenters. The van der Waals surface area contributed by atoms with Crippen molar-refractivity contribution in [2.45, 2.75) is 12.5 Å². The summed E-state index contributed by atoms with van der Waals surface area (Å²) in [5.74, 6) is -2.50. The van der Waals surface area contributed by atoms with Gasteiger partial charge in [0.25, 0.3) is 5.91 Å². The summed E-state index contributed by atoms with van der Waals surface area (Å²) < 4.78 is 5.23. The zero-order valence-electron chi connectivity index (χ0n) is 18.0. The van der Waals surface area contributed by atoms with E-state index in [0.717, 1.165) is 22.3 Å². The summed E-state index contributed by atoms with van der Waals surface area (Å²) in [7, 11) is 0. The molecule has 1 heterocycles. The number of anilines is 1. The number of benzene rings is 3. The summed E-state index contributed by atoms with van der Waals surface area (Å²) in [6.07, 6.45) is 0.295. The van der Waals surface area contributed by atoms with Gasteiger partial charge in [-0.1, -0.05) is 71.7 Å². The standard InChI is InChI=1S/C26H20Cl2N2O4/c27-21-10-9-15(13-22(21)28)30-12-11-20(25(30)32)26(33)34-14-23(31)29-24-18-7-3-1-5-16(18)17-6-2-4-8-19(17)24/h1-10,13,20,24H,11-12,14H2,(H,29,31). The van der Waals surface area contributed by atoms with Gasteiger partial charge < -0.3 is 15.0 Å². The van der Waals surface area contributed by atoms with E-state index in [-0.39, 0.29) is 11.9 Å². The largest absolute Gasteiger partial charge is 0.455 e. The topological polar surface area (TPSA) is 75.7 Å². The third-order valence-corrected chi connectivity index (χ3v) is 6.93. The second-order valence-corrected chi connectivity index (χ2v) is 9.03. The normalized spacial score (nSPS) is 16.8. The molecule has 8 heteroatoms. The molecule has 1 saturated heterocycles. The van der Waals surface area contributed by atoms with Gasteiger partial charge in [-0.3, -0.25) is 14.4 Å². The summed E-state index contributed by atoms with van der Waals surface area (Å²) in [4.78, 5) is 39.5. The molecule has 0 saturated carbocycles. The Morgan fingerprint density at radius 1 is 0.941 bits per heavy atom. The maximum atomic E-state index is 12.8. The summed E-state index contributed by atoms with van der Waals surface area (Å²) >= 11 is 12.0. The fraction of sp³-hybridized carbons (Fsp3) is 0.192. The number of ether oxygens (including phenoxy) is 1. The summed E-state index contributed by atoms with van der Waals surface area (Å²) in [5.41, 5.74) is 4.68. The van der Waals surface area contributed by atoms with Gasteiger partial charge in [-0.15, -0.1) is 0 Å². The molecule has 3 aromatic rings. The minimum atomic E-state index is -0.963. The fourth-order valence-electron chi connectivity index (χ4n) is 4.56. The van der Waals surface area contributed by atoms with Gasteiger partial charge in [0.1, 0.15) is 5.92 Å². The molecule has 6 nitrogen and oxygen atoms in total. The van der Waals surface area contributed by atoms with Crippen LogP contribution in [0.3, 0.4) is 0 Å². The van der Waals surface area contributed by atoms with E-state index in [0.29, 0.717) is 28.7 Å². The van der Waals surface area contributed by atoms with Crippen molar-refractivity contribution < 1.29 is 19.1 Å². The molecule has 1 aliphatic heterocycles. The smallest absolute Gasteiger partial charge is 0.319 e. The number of carbonyl (C=O) groups is 3. The summed E-state index contributed by atoms with van der Waals surface area (Å²) in [6.45, 7) is -0.116. The second-order valence-electron chi connectivity index (χ2n) is 8.21. The van der Waals surface area contributed by atoms with Crippen LogP contribution in [-0.2, 0) is 19.1 Å². The SMILES string of the molecule is O=C(COC(=O)C1CCN(c2ccc(Cl)c(Cl)c2)C1=O)NC1c2ccccc2-c2ccccc21. The predicted octanol–water partition coefficient (Wildman–Crippen LogP) is 4.78. The lowest BCUT2D eigenvalue weighted by Gasteiger charge is -2.18. The Kier molecular flexibility index (Phi) is 6.02. The van der Waals surface area contributed by atoms with Crippen molar-refractivity contribution in [2.75, 3.05) is 18.1 Å². The van der Waals surface area contributed by atoms with Crippen molar-refractivity contribution in [3.63, 3.8) is 0 Å². The number of hydrogen-bond donors (Lipinski definition) is 1. The Bertz CT molecular complexity index is 1260. The lowest BCUT2D eigenvalue weighted by molar-refractivity contribution is -0.154. The van der Waals surface area contributed by atoms with E-state index in [9.17, 15) is 14.4 Å². The molecule has 0 bridgehead atoms. The lowest BCUT2D eigenvalue weighted by atomic mass is 10.1. The third-order valence-electron chi connectivity index (χ3n) is 6.19. The van der Waals surface area contributed by atoms with Gasteiger partial charge in [0.05, 0.1) is 16.1 Å². The first-order valence-corrected chi connectivity index (χ1v) is 11.6. The van der Waals surface area contributed by atoms with Gasteiger partial charge in [-0.2, -0.15) is 0 Å². The average molecular weight is 495 g/mol. The van der Waals surface area contributed by atoms with Crippen molar-refractivity contribution >= 4 is 46.7 Å². The summed E-state index contributed by atoms with van der Waals surface area (Å²) in [6, 6.07) is 20.3. The molecule has 1 unspecified atom stereocenters. The van der Waals surface area contributed by atoms with Crippen molar-refractivity contribution in [2.24, 2.45) is 5.92 Å². The minimum Gasteiger partial charge on any atom is -0.455 e. The molecule has 0 aromatic heterocycles. The van der Waals surface area contributed by atoms with Crippen LogP contribution in [0.2, 0.25) is 10.0 Å². The molecule has 1 N–H and O–H groups in total. The van der Waals surface area contributed by atoms with E-state index in [1.807, 2.05) is 48.5 Å². The highest BCUT2D eigenvalue weighted by Crippen LogP contribution is 2.43. The molecular formula is C26H20Cl2N2O4. The zero-order chi connectivity index (χ0) is 23.8. The van der Waals surface area contributed by atoms with Crippen LogP contribution in [0.1, 0.15) is 23.6 Å². The van der Waals surface area contributed by atoms with Crippen molar-refractivity contribution in [1.82, 2.24) is 5.32 Å². The first kappa shape index (κ1) is 22.4. The van der Waals surface area contributed by atoms with Crippen LogP contribution in [0.15, 0.2) is 66.7 Å². The van der Waals surface area contributed by atoms with E-state index in [1.54, 1.807) is 18.2 Å². The van der Waals surface area contributed by atoms with Gasteiger partial charge >= 0.3 is 5.97 Å². The molecule has 5 rings (SSSR count). The predicted molar refractivity (Wildman–Crippen MR) is 130 cm³/mol. The van der Waals surface area contributed by atoms with Gasteiger partial charge in [0.15, 0.2) is 6.61 Å². The fourth-order valence-corrected chi connectivity index (χ4v) is 4.85. The third kappa shape index (κ3) is 4.04. The summed E-state index contributed by atoms with van der Waals surface area (Å²) in [5, 5.41) is 3.66. The number of amides is 2. The van der Waals surface area contributed by atoms with Gasteiger partial charge in [-0.05, 0) is 46.9 Å². The average Bonchev–Trinajstić information content (AvgIpc) is 3.38. The van der Waals surface area contributed by atoms with Crippen molar-refractivity contribution in [3.05, 3.63) is 87.9 Å². The molecule has 0 radical (unpaired) electrons. The Balaban J connectivity index is 1.21. The number of carbonyl (C=O) groups excluding carboxylic acids is 3. The monoisotopic (exact) mass is 494 g/mol. The van der Waals surface area contributed by atoms with Crippen LogP contribution >= 0.6 is 23.2 Å². The van der Waals surface area contributed by atoms with Crippen LogP contribution in [0.25, 0.3) is 11.1 Å². The number of nitrogens with zero attached hydrogens (tertiary/aromatic N) is 1. The number of nitrogens with one attached hydrogen (secondary N) is 1. The minimum absolute atomic E-state index is 0.295. The van der Waals surface area contributed by atoms with Gasteiger partial charge in [-0.25, -0.2) is 0 Å². The van der Waals surface area contributed by atoms with E-state index >= 15 is 0 Å². The number of halogens is 2. The van der Waals surface area contributed by atoms with Gasteiger partial charge in [0, 0.05) is 12.2 Å². The Hall–Kier alpha value is -3.35. The Morgan fingerprint density at radius 2 is 1.59 bits per heavy atom. The highest BCUT2D eigenvalue weighted by molar-refractivity contribution is 6.42. The maximum Gasteiger partial charge on any atom is 0.319 e. The molecule has 1 fully saturated rings. The molecular weight excluding hydrogens is 475 g/mol. The number of fused-ring (bicyclic) bond motifs is 3. The second kappa shape index (κ2) is 9.12. The first-order chi connectivity index (χ1) is 16.4. The molecule has 0 spiro atoms. The molecule has 1 aliphatic carbocycles. The van der Waals surface area contributed by atoms with E-state index in [2.05, 4.69) is 5.32 Å². The van der Waals surface area contributed by atoms with Crippen LogP contribution in [0.4, 0.5) is 5.69 Å². The van der Waals surface area contributed by atoms with Crippen molar-refractivity contribution in [1.29, 1.82) is 0 Å². The van der Waals surface area contributed by atoms with Crippen LogP contribution in [0.5, 0.6) is 0 Å². The lowest BCUT2D eigenvalue weighted by Crippen LogP contribution is -2.35.